The van der Waals surface area contributed by atoms with Crippen LogP contribution in [0, 0.1) is 5.92 Å². The number of phenolic OH excluding ortho intramolecular Hbond substituents is 1. The van der Waals surface area contributed by atoms with E-state index in [0.717, 1.165) is 12.2 Å². The number of amides is 14. The summed E-state index contributed by atoms with van der Waals surface area (Å²) >= 11 is 1.73. The van der Waals surface area contributed by atoms with Gasteiger partial charge in [-0.15, -0.1) is 0 Å². The Labute approximate surface area is 585 Å². The summed E-state index contributed by atoms with van der Waals surface area (Å²) in [6, 6.07) is 1.08. The van der Waals surface area contributed by atoms with Gasteiger partial charge in [0.15, 0.2) is 5.96 Å². The zero-order valence-corrected chi connectivity index (χ0v) is 57.0. The minimum absolute atomic E-state index is 0.00228. The van der Waals surface area contributed by atoms with Gasteiger partial charge in [0.1, 0.15) is 54.1 Å². The Balaban J connectivity index is 1.04. The highest BCUT2D eigenvalue weighted by molar-refractivity contribution is 8.00. The summed E-state index contributed by atoms with van der Waals surface area (Å²) in [4.78, 5) is 192. The number of likely N-dealkylation sites (tertiary alicyclic amines) is 1. The third-order valence-corrected chi connectivity index (χ3v) is 18.7. The summed E-state index contributed by atoms with van der Waals surface area (Å²) < 4.78 is 0. The smallest absolute Gasteiger partial charge is 0.315 e. The third-order valence-electron chi connectivity index (χ3n) is 17.2. The average molecular weight is 1430 g/mol. The normalized spacial score (nSPS) is 18.1. The number of nitrogens with one attached hydrogen (secondary N) is 13. The highest BCUT2D eigenvalue weighted by Crippen LogP contribution is 2.33. The standard InChI is InChI=1S/C65H92N20O15S/c1-34(2)23-43(58(94)78-42(11-7-21-71-64(68)69)63(99)85-22-8-12-49(85)62(98)73-29-52(67)89)77-54(91)30-74-56(92)44(24-35-15-17-38(87)18-16-35)79-61(97)47(31-86)82-59(95)45(25-36-27-72-40-10-4-3-9-39(36)40)80-60(96)46(26-37-28-70-33-75-37)81-57(93)41(19-20-51(66)88)76-53(90)14-6-5-13-50-55-48(32-101-50)83-65(100)84-55/h3-4,9-10,15-18,27-28,33-34,41-50,55,72,86-87H,5-8,11-14,19-26,29-32H2,1-2H3,(H2,66,88)(H2,67,89)(H,70,75)(H,73,98)(H,74,92)(H,76,90)(H,77,91)(H,78,94)(H,79,97)(H,80,96)(H,81,93)(H,82,95)(H4,68,69,71)(H2,83,84,100). The van der Waals surface area contributed by atoms with Crippen LogP contribution in [0.5, 0.6) is 5.75 Å². The van der Waals surface area contributed by atoms with Gasteiger partial charge in [-0.3, -0.25) is 62.5 Å². The molecule has 0 spiro atoms. The number of aromatic amines is 2. The molecule has 11 unspecified atom stereocenters. The van der Waals surface area contributed by atoms with Gasteiger partial charge in [0.05, 0.1) is 38.1 Å². The average Bonchev–Trinajstić information content (AvgIpc) is 1.69. The Morgan fingerprint density at radius 2 is 1.33 bits per heavy atom. The lowest BCUT2D eigenvalue weighted by Gasteiger charge is -2.30. The number of H-pyrrole nitrogens is 2. The van der Waals surface area contributed by atoms with Crippen molar-refractivity contribution in [2.45, 2.75) is 169 Å². The summed E-state index contributed by atoms with van der Waals surface area (Å²) in [6.45, 7) is 1.47. The number of unbranched alkanes of at least 4 members (excludes halogenated alkanes) is 1. The fourth-order valence-corrected chi connectivity index (χ4v) is 13.6. The molecule has 0 aliphatic carbocycles. The first-order valence-corrected chi connectivity index (χ1v) is 34.5. The van der Waals surface area contributed by atoms with Crippen LogP contribution < -0.4 is 81.4 Å². The number of aliphatic hydroxyl groups excluding tert-OH is 1. The number of carbonyl (C=O) groups is 13. The van der Waals surface area contributed by atoms with E-state index in [1.165, 1.54) is 41.7 Å². The summed E-state index contributed by atoms with van der Waals surface area (Å²) in [5, 5.41) is 50.8. The Morgan fingerprint density at radius 3 is 2.00 bits per heavy atom. The fraction of sp³-hybridized carbons (Fsp3) is 0.523. The van der Waals surface area contributed by atoms with Crippen molar-refractivity contribution >= 4 is 106 Å². The molecule has 0 saturated carbocycles. The number of aromatic hydroxyl groups is 1. The number of primary amides is 2. The first-order chi connectivity index (χ1) is 48.2. The first-order valence-electron chi connectivity index (χ1n) is 33.4. The third kappa shape index (κ3) is 24.1. The number of para-hydroxylation sites is 1. The van der Waals surface area contributed by atoms with Crippen molar-refractivity contribution in [1.29, 1.82) is 0 Å². The predicted octanol–water partition coefficient (Wildman–Crippen LogP) is -4.19. The van der Waals surface area contributed by atoms with Gasteiger partial charge in [-0.1, -0.05) is 50.6 Å². The number of carbonyl (C=O) groups excluding carboxylic acids is 13. The number of phenols is 1. The number of fused-ring (bicyclic) bond motifs is 2. The first kappa shape index (κ1) is 77.8. The summed E-state index contributed by atoms with van der Waals surface area (Å²) in [5.41, 5.74) is 23.7. The van der Waals surface area contributed by atoms with Crippen molar-refractivity contribution in [2.75, 3.05) is 38.5 Å². The maximum absolute atomic E-state index is 14.8. The topological polar surface area (TPSA) is 559 Å². The molecule has 11 atom stereocenters. The molecule has 2 aromatic heterocycles. The van der Waals surface area contributed by atoms with Crippen LogP contribution in [0.25, 0.3) is 10.9 Å². The van der Waals surface area contributed by atoms with Gasteiger partial charge in [0.25, 0.3) is 0 Å². The lowest BCUT2D eigenvalue weighted by atomic mass is 10.0. The van der Waals surface area contributed by atoms with Crippen LogP contribution in [0.4, 0.5) is 4.79 Å². The van der Waals surface area contributed by atoms with Gasteiger partial charge in [0.2, 0.25) is 70.9 Å². The van der Waals surface area contributed by atoms with E-state index >= 15 is 0 Å². The highest BCUT2D eigenvalue weighted by Gasteiger charge is 2.43. The van der Waals surface area contributed by atoms with Crippen molar-refractivity contribution in [3.05, 3.63) is 84.1 Å². The second kappa shape index (κ2) is 38.2. The molecule has 0 bridgehead atoms. The van der Waals surface area contributed by atoms with E-state index in [1.807, 2.05) is 0 Å². The van der Waals surface area contributed by atoms with Gasteiger partial charge in [-0.2, -0.15) is 11.8 Å². The second-order valence-electron chi connectivity index (χ2n) is 25.5. The van der Waals surface area contributed by atoms with Gasteiger partial charge in [-0.25, -0.2) is 9.78 Å². The van der Waals surface area contributed by atoms with Gasteiger partial charge in [-0.05, 0) is 86.6 Å². The Morgan fingerprint density at radius 1 is 0.673 bits per heavy atom. The zero-order chi connectivity index (χ0) is 73.3. The maximum Gasteiger partial charge on any atom is 0.315 e. The molecule has 7 rings (SSSR count). The minimum atomic E-state index is -1.83. The van der Waals surface area contributed by atoms with Crippen molar-refractivity contribution in [3.8, 4) is 5.75 Å². The van der Waals surface area contributed by atoms with E-state index < -0.39 is 139 Å². The van der Waals surface area contributed by atoms with E-state index in [4.69, 9.17) is 22.9 Å². The van der Waals surface area contributed by atoms with Crippen LogP contribution in [0.3, 0.4) is 0 Å². The van der Waals surface area contributed by atoms with Crippen LogP contribution in [-0.4, -0.2) is 217 Å². The molecular formula is C65H92N20O15S. The van der Waals surface area contributed by atoms with E-state index in [1.54, 1.807) is 56.1 Å². The van der Waals surface area contributed by atoms with E-state index in [-0.39, 0.29) is 118 Å². The molecule has 36 heteroatoms. The molecule has 3 aliphatic heterocycles. The van der Waals surface area contributed by atoms with E-state index in [2.05, 4.69) is 78.4 Å². The SMILES string of the molecule is CC(C)CC(NC(=O)CNC(=O)C(Cc1ccc(O)cc1)NC(=O)C(CO)NC(=O)C(Cc1c[nH]c2ccccc12)NC(=O)C(Cc1cnc[nH]1)NC(=O)C(CCC(N)=O)NC(=O)CCCCC1SCC2NC(=O)NC21)C(=O)NC(CCCN=C(N)N)C(=O)N1CCCC1C(=O)NCC(N)=O. The van der Waals surface area contributed by atoms with Crippen LogP contribution in [-0.2, 0) is 76.8 Å². The molecule has 0 radical (unpaired) electrons. The monoisotopic (exact) mass is 1420 g/mol. The molecule has 3 fully saturated rings. The Hall–Kier alpha value is -10.5. The molecule has 101 heavy (non-hydrogen) atoms. The van der Waals surface area contributed by atoms with Crippen molar-refractivity contribution < 1.29 is 72.5 Å². The number of hydrogen-bond donors (Lipinski definition) is 19. The Bertz CT molecular complexity index is 3610. The lowest BCUT2D eigenvalue weighted by Crippen LogP contribution is -2.61. The second-order valence-corrected chi connectivity index (χ2v) is 26.8. The fourth-order valence-electron chi connectivity index (χ4n) is 12.1. The number of urea groups is 1. The lowest BCUT2D eigenvalue weighted by molar-refractivity contribution is -0.142. The Kier molecular flexibility index (Phi) is 29.4. The number of benzene rings is 2. The largest absolute Gasteiger partial charge is 0.508 e. The minimum Gasteiger partial charge on any atom is -0.508 e. The number of aromatic nitrogens is 3. The van der Waals surface area contributed by atoms with Crippen LogP contribution in [0.1, 0.15) is 101 Å². The molecule has 14 amide bonds. The number of hydrogen-bond acceptors (Lipinski definition) is 18. The number of rotatable bonds is 40. The van der Waals surface area contributed by atoms with Crippen LogP contribution in [0.2, 0.25) is 0 Å². The van der Waals surface area contributed by atoms with Crippen molar-refractivity contribution in [3.63, 3.8) is 0 Å². The summed E-state index contributed by atoms with van der Waals surface area (Å²) in [7, 11) is 0. The van der Waals surface area contributed by atoms with Gasteiger partial charge < -0.3 is 107 Å². The number of aliphatic hydroxyl groups is 1. The number of nitrogens with two attached hydrogens (primary N) is 4. The summed E-state index contributed by atoms with van der Waals surface area (Å²) in [6.07, 6.45) is 5.74. The number of thioether (sulfide) groups is 1. The van der Waals surface area contributed by atoms with Crippen LogP contribution in [0.15, 0.2) is 72.2 Å². The van der Waals surface area contributed by atoms with Crippen molar-refractivity contribution in [2.24, 2.45) is 33.8 Å². The maximum atomic E-state index is 14.8. The van der Waals surface area contributed by atoms with Gasteiger partial charge in [0, 0.05) is 85.2 Å². The summed E-state index contributed by atoms with van der Waals surface area (Å²) in [5.74, 6) is -9.66. The molecular weight excluding hydrogens is 1330 g/mol. The molecule has 548 valence electrons. The number of imidazole rings is 1. The number of nitrogens with zero attached hydrogens (tertiary/aromatic N) is 3. The van der Waals surface area contributed by atoms with E-state index in [0.29, 0.717) is 47.0 Å². The molecule has 23 N–H and O–H groups in total. The molecule has 2 aromatic carbocycles. The number of guanidine groups is 1. The van der Waals surface area contributed by atoms with Gasteiger partial charge >= 0.3 is 6.03 Å². The molecule has 5 heterocycles. The molecule has 3 aliphatic rings. The van der Waals surface area contributed by atoms with Crippen LogP contribution >= 0.6 is 11.8 Å². The van der Waals surface area contributed by atoms with Crippen molar-refractivity contribution in [1.82, 2.24) is 78.3 Å². The number of aliphatic imine (C=N–C) groups is 1. The molecule has 3 saturated heterocycles. The molecule has 35 nitrogen and oxygen atoms in total. The zero-order valence-electron chi connectivity index (χ0n) is 56.2. The quantitative estimate of drug-likeness (QED) is 0.00869. The highest BCUT2D eigenvalue weighted by atomic mass is 32.2. The van der Waals surface area contributed by atoms with E-state index in [9.17, 15) is 72.5 Å². The predicted molar refractivity (Wildman–Crippen MR) is 368 cm³/mol. The molecule has 4 aromatic rings.